The second kappa shape index (κ2) is 6.44. The van der Waals surface area contributed by atoms with E-state index in [9.17, 15) is 24.5 Å². The lowest BCUT2D eigenvalue weighted by molar-refractivity contribution is -0.384. The zero-order valence-electron chi connectivity index (χ0n) is 12.6. The van der Waals surface area contributed by atoms with E-state index in [1.165, 1.54) is 6.07 Å². The van der Waals surface area contributed by atoms with E-state index >= 15 is 0 Å². The summed E-state index contributed by atoms with van der Waals surface area (Å²) in [6, 6.07) is 10.3. The molecule has 0 unspecified atom stereocenters. The molecule has 2 aromatic rings. The van der Waals surface area contributed by atoms with E-state index in [4.69, 9.17) is 0 Å². The topological polar surface area (TPSA) is 110 Å². The summed E-state index contributed by atoms with van der Waals surface area (Å²) in [6.45, 7) is -0.480. The van der Waals surface area contributed by atoms with E-state index in [1.807, 2.05) is 0 Å². The van der Waals surface area contributed by atoms with Crippen molar-refractivity contribution < 1.29 is 19.3 Å². The number of non-ortho nitro benzene ring substituents is 1. The van der Waals surface area contributed by atoms with Crippen molar-refractivity contribution in [1.29, 1.82) is 0 Å². The molecule has 1 aliphatic rings. The average molecular weight is 404 g/mol. The molecule has 1 heterocycles. The first kappa shape index (κ1) is 16.8. The molecular formula is C16H10BrN3O5. The van der Waals surface area contributed by atoms with E-state index in [1.54, 1.807) is 24.3 Å². The van der Waals surface area contributed by atoms with Crippen molar-refractivity contribution in [3.8, 4) is 0 Å². The number of imide groups is 1. The van der Waals surface area contributed by atoms with E-state index in [0.29, 0.717) is 5.69 Å². The van der Waals surface area contributed by atoms with Gasteiger partial charge < -0.3 is 5.32 Å². The molecule has 0 spiro atoms. The highest BCUT2D eigenvalue weighted by Gasteiger charge is 2.37. The molecule has 3 amide bonds. The maximum Gasteiger partial charge on any atom is 0.270 e. The molecule has 8 nitrogen and oxygen atoms in total. The van der Waals surface area contributed by atoms with Gasteiger partial charge in [-0.15, -0.1) is 0 Å². The molecule has 25 heavy (non-hydrogen) atoms. The average Bonchev–Trinajstić information content (AvgIpc) is 2.79. The summed E-state index contributed by atoms with van der Waals surface area (Å²) < 4.78 is 0.762. The van der Waals surface area contributed by atoms with Crippen molar-refractivity contribution in [2.45, 2.75) is 0 Å². The Hall–Kier alpha value is -3.07. The van der Waals surface area contributed by atoms with Crippen LogP contribution < -0.4 is 5.32 Å². The number of amides is 3. The van der Waals surface area contributed by atoms with Crippen molar-refractivity contribution in [3.05, 3.63) is 68.2 Å². The maximum absolute atomic E-state index is 12.3. The highest BCUT2D eigenvalue weighted by atomic mass is 79.9. The molecule has 0 atom stereocenters. The van der Waals surface area contributed by atoms with Crippen molar-refractivity contribution in [2.75, 3.05) is 11.9 Å². The number of fused-ring (bicyclic) bond motifs is 1. The summed E-state index contributed by atoms with van der Waals surface area (Å²) in [7, 11) is 0. The fourth-order valence-corrected chi connectivity index (χ4v) is 2.85. The Bertz CT molecular complexity index is 928. The van der Waals surface area contributed by atoms with Crippen molar-refractivity contribution in [2.24, 2.45) is 0 Å². The molecule has 1 N–H and O–H groups in total. The van der Waals surface area contributed by atoms with Crippen LogP contribution in [0.3, 0.4) is 0 Å². The van der Waals surface area contributed by atoms with Crippen LogP contribution in [-0.2, 0) is 4.79 Å². The summed E-state index contributed by atoms with van der Waals surface area (Å²) in [6.07, 6.45) is 0. The van der Waals surface area contributed by atoms with Crippen LogP contribution in [0.2, 0.25) is 0 Å². The zero-order valence-corrected chi connectivity index (χ0v) is 14.1. The summed E-state index contributed by atoms with van der Waals surface area (Å²) in [5.41, 5.74) is 0.187. The molecular weight excluding hydrogens is 394 g/mol. The lowest BCUT2D eigenvalue weighted by Crippen LogP contribution is -2.37. The van der Waals surface area contributed by atoms with Gasteiger partial charge in [0, 0.05) is 22.3 Å². The van der Waals surface area contributed by atoms with Crippen molar-refractivity contribution in [1.82, 2.24) is 4.90 Å². The number of carbonyl (C=O) groups excluding carboxylic acids is 3. The quantitative estimate of drug-likeness (QED) is 0.479. The number of anilines is 1. The lowest BCUT2D eigenvalue weighted by Gasteiger charge is -2.13. The minimum absolute atomic E-state index is 0.0471. The number of halogens is 1. The Labute approximate surface area is 149 Å². The van der Waals surface area contributed by atoms with Crippen molar-refractivity contribution in [3.63, 3.8) is 0 Å². The number of carbonyl (C=O) groups is 3. The molecule has 0 fully saturated rings. The van der Waals surface area contributed by atoms with E-state index in [2.05, 4.69) is 21.2 Å². The molecule has 0 saturated carbocycles. The number of benzene rings is 2. The largest absolute Gasteiger partial charge is 0.324 e. The van der Waals surface area contributed by atoms with Gasteiger partial charge in [-0.1, -0.05) is 22.0 Å². The van der Waals surface area contributed by atoms with E-state index < -0.39 is 29.2 Å². The smallest absolute Gasteiger partial charge is 0.270 e. The SMILES string of the molecule is O=C(CN1C(=O)c2ccc([N+](=O)[O-])cc2C1=O)Nc1cccc(Br)c1. The second-order valence-electron chi connectivity index (χ2n) is 5.24. The van der Waals surface area contributed by atoms with Crippen LogP contribution in [0.25, 0.3) is 0 Å². The van der Waals surface area contributed by atoms with Crippen LogP contribution in [0, 0.1) is 10.1 Å². The van der Waals surface area contributed by atoms with Crippen LogP contribution in [0.1, 0.15) is 20.7 Å². The molecule has 1 aliphatic heterocycles. The number of rotatable bonds is 4. The van der Waals surface area contributed by atoms with Crippen molar-refractivity contribution >= 4 is 45.0 Å². The van der Waals surface area contributed by atoms with Crippen LogP contribution >= 0.6 is 15.9 Å². The van der Waals surface area contributed by atoms with Gasteiger partial charge in [-0.05, 0) is 24.3 Å². The minimum atomic E-state index is -0.729. The Kier molecular flexibility index (Phi) is 4.32. The molecule has 3 rings (SSSR count). The van der Waals surface area contributed by atoms with Gasteiger partial charge in [0.15, 0.2) is 0 Å². The Morgan fingerprint density at radius 3 is 2.52 bits per heavy atom. The molecule has 0 aromatic heterocycles. The second-order valence-corrected chi connectivity index (χ2v) is 6.16. The third-order valence-corrected chi connectivity index (χ3v) is 4.07. The Balaban J connectivity index is 1.77. The molecule has 2 aromatic carbocycles. The minimum Gasteiger partial charge on any atom is -0.324 e. The summed E-state index contributed by atoms with van der Waals surface area (Å²) >= 11 is 3.27. The normalized spacial score (nSPS) is 12.9. The van der Waals surface area contributed by atoms with Crippen LogP contribution in [0.4, 0.5) is 11.4 Å². The van der Waals surface area contributed by atoms with Crippen LogP contribution in [0.5, 0.6) is 0 Å². The third-order valence-electron chi connectivity index (χ3n) is 3.58. The van der Waals surface area contributed by atoms with Gasteiger partial charge in [0.2, 0.25) is 5.91 Å². The standard InChI is InChI=1S/C16H10BrN3O5/c17-9-2-1-3-10(6-9)18-14(21)8-19-15(22)12-5-4-11(20(24)25)7-13(12)16(19)23/h1-7H,8H2,(H,18,21). The Morgan fingerprint density at radius 1 is 1.12 bits per heavy atom. The maximum atomic E-state index is 12.3. The fraction of sp³-hybridized carbons (Fsp3) is 0.0625. The predicted octanol–water partition coefficient (Wildman–Crippen LogP) is 2.59. The predicted molar refractivity (Wildman–Crippen MR) is 91.2 cm³/mol. The van der Waals surface area contributed by atoms with Gasteiger partial charge in [0.25, 0.3) is 17.5 Å². The van der Waals surface area contributed by atoms with Gasteiger partial charge in [0.1, 0.15) is 6.54 Å². The number of nitrogens with one attached hydrogen (secondary N) is 1. The number of nitro benzene ring substituents is 1. The highest BCUT2D eigenvalue weighted by Crippen LogP contribution is 2.26. The van der Waals surface area contributed by atoms with Gasteiger partial charge in [-0.2, -0.15) is 0 Å². The molecule has 0 saturated heterocycles. The lowest BCUT2D eigenvalue weighted by atomic mass is 10.1. The number of hydrogen-bond donors (Lipinski definition) is 1. The molecule has 0 radical (unpaired) electrons. The van der Waals surface area contributed by atoms with Gasteiger partial charge in [-0.3, -0.25) is 29.4 Å². The number of nitrogens with zero attached hydrogens (tertiary/aromatic N) is 2. The van der Waals surface area contributed by atoms with Gasteiger partial charge in [-0.25, -0.2) is 0 Å². The number of hydrogen-bond acceptors (Lipinski definition) is 5. The first-order chi connectivity index (χ1) is 11.9. The first-order valence-corrected chi connectivity index (χ1v) is 7.86. The monoisotopic (exact) mass is 403 g/mol. The molecule has 0 bridgehead atoms. The van der Waals surface area contributed by atoms with Crippen LogP contribution in [0.15, 0.2) is 46.9 Å². The van der Waals surface area contributed by atoms with Gasteiger partial charge >= 0.3 is 0 Å². The fourth-order valence-electron chi connectivity index (χ4n) is 2.45. The molecule has 126 valence electrons. The third kappa shape index (κ3) is 3.26. The summed E-state index contributed by atoms with van der Waals surface area (Å²) in [5.74, 6) is -1.94. The molecule has 9 heteroatoms. The molecule has 0 aliphatic carbocycles. The zero-order chi connectivity index (χ0) is 18.1. The van der Waals surface area contributed by atoms with Gasteiger partial charge in [0.05, 0.1) is 16.1 Å². The van der Waals surface area contributed by atoms with Crippen LogP contribution in [-0.4, -0.2) is 34.1 Å². The first-order valence-electron chi connectivity index (χ1n) is 7.07. The summed E-state index contributed by atoms with van der Waals surface area (Å²) in [4.78, 5) is 47.6. The highest BCUT2D eigenvalue weighted by molar-refractivity contribution is 9.10. The van der Waals surface area contributed by atoms with E-state index in [0.717, 1.165) is 21.5 Å². The number of nitro groups is 1. The van der Waals surface area contributed by atoms with E-state index in [-0.39, 0.29) is 16.8 Å². The summed E-state index contributed by atoms with van der Waals surface area (Å²) in [5, 5.41) is 13.4. The Morgan fingerprint density at radius 2 is 1.84 bits per heavy atom.